The van der Waals surface area contributed by atoms with E-state index in [0.717, 1.165) is 6.26 Å². The first-order valence-corrected chi connectivity index (χ1v) is 13.6. The van der Waals surface area contributed by atoms with E-state index in [1.165, 1.54) is 62.8 Å². The van der Waals surface area contributed by atoms with Gasteiger partial charge in [-0.15, -0.1) is 0 Å². The average molecular weight is 540 g/mol. The maximum absolute atomic E-state index is 12.8. The Bertz CT molecular complexity index is 1460. The number of carbonyl (C=O) groups is 1. The molecular formula is C22H22ClN3O7S2. The fourth-order valence-corrected chi connectivity index (χ4v) is 4.87. The molecule has 3 aromatic carbocycles. The Morgan fingerprint density at radius 1 is 0.829 bits per heavy atom. The topological polar surface area (TPSA) is 140 Å². The molecule has 0 aliphatic heterocycles. The molecule has 0 heterocycles. The van der Waals surface area contributed by atoms with Gasteiger partial charge < -0.3 is 14.8 Å². The summed E-state index contributed by atoms with van der Waals surface area (Å²) in [7, 11) is -4.59. The summed E-state index contributed by atoms with van der Waals surface area (Å²) < 4.78 is 63.4. The number of ether oxygens (including phenoxy) is 2. The van der Waals surface area contributed by atoms with Crippen LogP contribution in [-0.4, -0.2) is 43.2 Å². The van der Waals surface area contributed by atoms with Crippen LogP contribution in [0.4, 0.5) is 17.1 Å². The first kappa shape index (κ1) is 26.1. The molecule has 0 spiro atoms. The Balaban J connectivity index is 1.75. The van der Waals surface area contributed by atoms with Crippen LogP contribution in [0.3, 0.4) is 0 Å². The van der Waals surface area contributed by atoms with Crippen molar-refractivity contribution in [2.24, 2.45) is 0 Å². The largest absolute Gasteiger partial charge is 0.497 e. The Labute approximate surface area is 208 Å². The van der Waals surface area contributed by atoms with Crippen LogP contribution in [0.1, 0.15) is 10.4 Å². The van der Waals surface area contributed by atoms with Crippen molar-refractivity contribution >= 4 is 54.6 Å². The van der Waals surface area contributed by atoms with Gasteiger partial charge in [-0.3, -0.25) is 14.2 Å². The van der Waals surface area contributed by atoms with E-state index >= 15 is 0 Å². The predicted octanol–water partition coefficient (Wildman–Crippen LogP) is 3.78. The van der Waals surface area contributed by atoms with Crippen LogP contribution >= 0.6 is 11.6 Å². The van der Waals surface area contributed by atoms with Gasteiger partial charge in [0, 0.05) is 17.4 Å². The normalized spacial score (nSPS) is 11.4. The molecule has 10 nitrogen and oxygen atoms in total. The highest BCUT2D eigenvalue weighted by molar-refractivity contribution is 7.92. The minimum atomic E-state index is -3.97. The van der Waals surface area contributed by atoms with E-state index in [-0.39, 0.29) is 26.9 Å². The Morgan fingerprint density at radius 3 is 2.06 bits per heavy atom. The number of rotatable bonds is 9. The van der Waals surface area contributed by atoms with Crippen molar-refractivity contribution in [1.82, 2.24) is 0 Å². The van der Waals surface area contributed by atoms with Crippen LogP contribution in [0, 0.1) is 0 Å². The van der Waals surface area contributed by atoms with Gasteiger partial charge in [-0.25, -0.2) is 16.8 Å². The number of benzene rings is 3. The number of amides is 1. The van der Waals surface area contributed by atoms with E-state index < -0.39 is 26.0 Å². The average Bonchev–Trinajstić information content (AvgIpc) is 2.78. The molecule has 0 saturated heterocycles. The van der Waals surface area contributed by atoms with Crippen LogP contribution in [0.25, 0.3) is 0 Å². The van der Waals surface area contributed by atoms with E-state index in [1.807, 2.05) is 0 Å². The molecule has 0 aliphatic carbocycles. The number of methoxy groups -OCH3 is 2. The van der Waals surface area contributed by atoms with E-state index in [1.54, 1.807) is 12.1 Å². The van der Waals surface area contributed by atoms with Crippen LogP contribution in [0.15, 0.2) is 65.6 Å². The van der Waals surface area contributed by atoms with Gasteiger partial charge >= 0.3 is 0 Å². The minimum Gasteiger partial charge on any atom is -0.497 e. The molecule has 3 aromatic rings. The molecule has 0 atom stereocenters. The quantitative estimate of drug-likeness (QED) is 0.376. The summed E-state index contributed by atoms with van der Waals surface area (Å²) in [5.41, 5.74) is 0.841. The van der Waals surface area contributed by atoms with Crippen molar-refractivity contribution in [3.63, 3.8) is 0 Å². The van der Waals surface area contributed by atoms with E-state index in [0.29, 0.717) is 17.2 Å². The molecule has 0 unspecified atom stereocenters. The molecule has 0 radical (unpaired) electrons. The molecule has 3 N–H and O–H groups in total. The first-order valence-electron chi connectivity index (χ1n) is 9.85. The van der Waals surface area contributed by atoms with E-state index in [9.17, 15) is 21.6 Å². The number of sulfonamides is 2. The number of nitrogens with one attached hydrogen (secondary N) is 3. The fourth-order valence-electron chi connectivity index (χ4n) is 2.99. The van der Waals surface area contributed by atoms with Gasteiger partial charge in [-0.1, -0.05) is 11.6 Å². The van der Waals surface area contributed by atoms with Crippen LogP contribution < -0.4 is 24.2 Å². The summed E-state index contributed by atoms with van der Waals surface area (Å²) in [5.74, 6) is 0.198. The molecule has 1 amide bonds. The molecule has 0 bridgehead atoms. The predicted molar refractivity (Wildman–Crippen MR) is 135 cm³/mol. The maximum atomic E-state index is 12.8. The molecule has 186 valence electrons. The van der Waals surface area contributed by atoms with Crippen LogP contribution in [-0.2, 0) is 20.0 Å². The van der Waals surface area contributed by atoms with Gasteiger partial charge in [0.15, 0.2) is 0 Å². The van der Waals surface area contributed by atoms with Gasteiger partial charge in [0.25, 0.3) is 15.9 Å². The van der Waals surface area contributed by atoms with Crippen molar-refractivity contribution in [3.8, 4) is 11.5 Å². The van der Waals surface area contributed by atoms with E-state index in [4.69, 9.17) is 21.1 Å². The van der Waals surface area contributed by atoms with Gasteiger partial charge in [-0.2, -0.15) is 0 Å². The Morgan fingerprint density at radius 2 is 1.49 bits per heavy atom. The third kappa shape index (κ3) is 6.78. The number of anilines is 3. The van der Waals surface area contributed by atoms with Crippen molar-refractivity contribution in [2.75, 3.05) is 35.2 Å². The SMILES string of the molecule is COc1ccc(OC)c(NS(=O)(=O)c2ccc(NC(=O)c3ccc(NS(C)(=O)=O)cc3Cl)cc2)c1. The highest BCUT2D eigenvalue weighted by Crippen LogP contribution is 2.31. The number of hydrogen-bond acceptors (Lipinski definition) is 7. The molecule has 3 rings (SSSR count). The monoisotopic (exact) mass is 539 g/mol. The molecule has 0 saturated carbocycles. The third-order valence-electron chi connectivity index (χ3n) is 4.59. The lowest BCUT2D eigenvalue weighted by molar-refractivity contribution is 0.102. The summed E-state index contributed by atoms with van der Waals surface area (Å²) in [5, 5.41) is 2.65. The molecule has 0 fully saturated rings. The van der Waals surface area contributed by atoms with E-state index in [2.05, 4.69) is 14.8 Å². The van der Waals surface area contributed by atoms with Gasteiger partial charge in [0.1, 0.15) is 11.5 Å². The fraction of sp³-hybridized carbons (Fsp3) is 0.136. The first-order chi connectivity index (χ1) is 16.4. The third-order valence-corrected chi connectivity index (χ3v) is 6.89. The lowest BCUT2D eigenvalue weighted by Crippen LogP contribution is -2.15. The van der Waals surface area contributed by atoms with Crippen molar-refractivity contribution in [3.05, 3.63) is 71.2 Å². The second kappa shape index (κ2) is 10.4. The molecule has 35 heavy (non-hydrogen) atoms. The summed E-state index contributed by atoms with van der Waals surface area (Å²) in [4.78, 5) is 12.5. The van der Waals surface area contributed by atoms with Gasteiger partial charge in [-0.05, 0) is 54.6 Å². The maximum Gasteiger partial charge on any atom is 0.262 e. The Kier molecular flexibility index (Phi) is 7.78. The van der Waals surface area contributed by atoms with Crippen molar-refractivity contribution in [1.29, 1.82) is 0 Å². The molecule has 0 aliphatic rings. The number of halogens is 1. The van der Waals surface area contributed by atoms with Crippen LogP contribution in [0.5, 0.6) is 11.5 Å². The number of carbonyl (C=O) groups excluding carboxylic acids is 1. The second-order valence-corrected chi connectivity index (χ2v) is 11.1. The highest BCUT2D eigenvalue weighted by atomic mass is 35.5. The lowest BCUT2D eigenvalue weighted by atomic mass is 10.2. The highest BCUT2D eigenvalue weighted by Gasteiger charge is 2.18. The molecular weight excluding hydrogens is 518 g/mol. The molecule has 13 heteroatoms. The lowest BCUT2D eigenvalue weighted by Gasteiger charge is -2.13. The van der Waals surface area contributed by atoms with Crippen molar-refractivity contribution < 1.29 is 31.1 Å². The summed E-state index contributed by atoms with van der Waals surface area (Å²) in [6.07, 6.45) is 0.994. The smallest absolute Gasteiger partial charge is 0.262 e. The summed E-state index contributed by atoms with van der Waals surface area (Å²) >= 11 is 6.13. The van der Waals surface area contributed by atoms with Gasteiger partial charge in [0.05, 0.1) is 41.6 Å². The number of hydrogen-bond donors (Lipinski definition) is 3. The zero-order valence-corrected chi connectivity index (χ0v) is 21.2. The standard InChI is InChI=1S/C22H22ClN3O7S2/c1-32-16-7-11-21(33-2)20(13-16)26-35(30,31)17-8-4-14(5-9-17)24-22(27)18-10-6-15(12-19(18)23)25-34(3,28)29/h4-13,25-26H,1-3H3,(H,24,27). The van der Waals surface area contributed by atoms with Crippen molar-refractivity contribution in [2.45, 2.75) is 4.90 Å². The van der Waals surface area contributed by atoms with Gasteiger partial charge in [0.2, 0.25) is 10.0 Å². The summed E-state index contributed by atoms with van der Waals surface area (Å²) in [6.45, 7) is 0. The zero-order chi connectivity index (χ0) is 25.8. The zero-order valence-electron chi connectivity index (χ0n) is 18.8. The second-order valence-electron chi connectivity index (χ2n) is 7.22. The summed E-state index contributed by atoms with van der Waals surface area (Å²) in [6, 6.07) is 14.3. The molecule has 0 aromatic heterocycles. The Hall–Kier alpha value is -3.48. The van der Waals surface area contributed by atoms with Crippen LogP contribution in [0.2, 0.25) is 5.02 Å². The minimum absolute atomic E-state index is 0.0341.